The first-order valence-electron chi connectivity index (χ1n) is 8.55. The van der Waals surface area contributed by atoms with Gasteiger partial charge in [-0.25, -0.2) is 0 Å². The number of likely N-dealkylation sites (tertiary alicyclic amines) is 1. The van der Waals surface area contributed by atoms with Crippen molar-refractivity contribution in [1.29, 1.82) is 0 Å². The van der Waals surface area contributed by atoms with Gasteiger partial charge in [-0.15, -0.1) is 0 Å². The van der Waals surface area contributed by atoms with Crippen molar-refractivity contribution < 1.29 is 18.0 Å². The first-order chi connectivity index (χ1) is 11.3. The zero-order chi connectivity index (χ0) is 17.3. The van der Waals surface area contributed by atoms with Crippen LogP contribution in [0.15, 0.2) is 24.3 Å². The minimum absolute atomic E-state index is 0.0114. The van der Waals surface area contributed by atoms with Crippen molar-refractivity contribution in [3.05, 3.63) is 29.8 Å². The predicted octanol–water partition coefficient (Wildman–Crippen LogP) is 3.79. The number of carbonyl (C=O) groups excluding carboxylic acids is 1. The van der Waals surface area contributed by atoms with Crippen LogP contribution in [0.3, 0.4) is 0 Å². The molecule has 2 aliphatic heterocycles. The average Bonchev–Trinajstić information content (AvgIpc) is 3.00. The summed E-state index contributed by atoms with van der Waals surface area (Å²) in [7, 11) is 0. The van der Waals surface area contributed by atoms with Gasteiger partial charge in [0.2, 0.25) is 5.91 Å². The number of nitrogens with zero attached hydrogens (tertiary/aromatic N) is 2. The number of anilines is 1. The topological polar surface area (TPSA) is 23.6 Å². The molecule has 0 saturated carbocycles. The Bertz CT molecular complexity index is 594. The summed E-state index contributed by atoms with van der Waals surface area (Å²) in [5.74, 6) is 0.805. The van der Waals surface area contributed by atoms with Gasteiger partial charge in [-0.05, 0) is 43.4 Å². The second-order valence-electron chi connectivity index (χ2n) is 6.99. The van der Waals surface area contributed by atoms with Crippen molar-refractivity contribution in [2.24, 2.45) is 11.8 Å². The molecule has 0 bridgehead atoms. The summed E-state index contributed by atoms with van der Waals surface area (Å²) in [6, 6.07) is 5.44. The van der Waals surface area contributed by atoms with Crippen LogP contribution in [-0.4, -0.2) is 37.0 Å². The molecule has 2 aliphatic rings. The summed E-state index contributed by atoms with van der Waals surface area (Å²) in [6.07, 6.45) is -1.84. The SMILES string of the molecule is C[C@H]1CCN(C(=O)C2CCN(c3cccc(C(F)(F)F)c3)CC2)C1. The third-order valence-electron chi connectivity index (χ3n) is 5.12. The largest absolute Gasteiger partial charge is 0.416 e. The van der Waals surface area contributed by atoms with Gasteiger partial charge in [0.1, 0.15) is 0 Å². The fraction of sp³-hybridized carbons (Fsp3) is 0.611. The Morgan fingerprint density at radius 3 is 2.42 bits per heavy atom. The molecule has 1 amide bonds. The average molecular weight is 340 g/mol. The highest BCUT2D eigenvalue weighted by atomic mass is 19.4. The number of benzene rings is 1. The van der Waals surface area contributed by atoms with E-state index in [2.05, 4.69) is 6.92 Å². The smallest absolute Gasteiger partial charge is 0.371 e. The highest BCUT2D eigenvalue weighted by molar-refractivity contribution is 5.79. The van der Waals surface area contributed by atoms with E-state index >= 15 is 0 Å². The number of halogens is 3. The third kappa shape index (κ3) is 3.68. The van der Waals surface area contributed by atoms with E-state index in [-0.39, 0.29) is 11.8 Å². The molecule has 2 heterocycles. The molecule has 0 spiro atoms. The van der Waals surface area contributed by atoms with E-state index in [1.807, 2.05) is 9.80 Å². The van der Waals surface area contributed by atoms with Gasteiger partial charge in [-0.2, -0.15) is 13.2 Å². The maximum Gasteiger partial charge on any atom is 0.416 e. The van der Waals surface area contributed by atoms with Crippen molar-refractivity contribution in [3.63, 3.8) is 0 Å². The lowest BCUT2D eigenvalue weighted by Gasteiger charge is -2.34. The minimum Gasteiger partial charge on any atom is -0.371 e. The lowest BCUT2D eigenvalue weighted by Crippen LogP contribution is -2.42. The number of rotatable bonds is 2. The molecule has 0 aliphatic carbocycles. The molecule has 1 aromatic carbocycles. The van der Waals surface area contributed by atoms with E-state index in [1.54, 1.807) is 6.07 Å². The lowest BCUT2D eigenvalue weighted by molar-refractivity contribution is -0.137. The fourth-order valence-electron chi connectivity index (χ4n) is 3.66. The molecule has 0 aromatic heterocycles. The molecule has 6 heteroatoms. The Balaban J connectivity index is 1.60. The van der Waals surface area contributed by atoms with Crippen molar-refractivity contribution in [2.45, 2.75) is 32.4 Å². The summed E-state index contributed by atoms with van der Waals surface area (Å²) in [6.45, 7) is 5.09. The van der Waals surface area contributed by atoms with Crippen LogP contribution in [0.25, 0.3) is 0 Å². The van der Waals surface area contributed by atoms with Crippen LogP contribution in [0, 0.1) is 11.8 Å². The second-order valence-corrected chi connectivity index (χ2v) is 6.99. The highest BCUT2D eigenvalue weighted by Gasteiger charge is 2.33. The van der Waals surface area contributed by atoms with Gasteiger partial charge < -0.3 is 9.80 Å². The lowest BCUT2D eigenvalue weighted by atomic mass is 9.94. The third-order valence-corrected chi connectivity index (χ3v) is 5.12. The fourth-order valence-corrected chi connectivity index (χ4v) is 3.66. The number of piperidine rings is 1. The van der Waals surface area contributed by atoms with Crippen LogP contribution in [0.4, 0.5) is 18.9 Å². The highest BCUT2D eigenvalue weighted by Crippen LogP contribution is 2.33. The number of hydrogen-bond acceptors (Lipinski definition) is 2. The Morgan fingerprint density at radius 1 is 1.12 bits per heavy atom. The standard InChI is InChI=1S/C18H23F3N2O/c1-13-5-8-23(12-13)17(24)14-6-9-22(10-7-14)16-4-2-3-15(11-16)18(19,20)21/h2-4,11,13-14H,5-10,12H2,1H3/t13-/m0/s1. The zero-order valence-electron chi connectivity index (χ0n) is 13.9. The van der Waals surface area contributed by atoms with Gasteiger partial charge in [-0.3, -0.25) is 4.79 Å². The molecular weight excluding hydrogens is 317 g/mol. The van der Waals surface area contributed by atoms with Crippen LogP contribution in [0.1, 0.15) is 31.7 Å². The van der Waals surface area contributed by atoms with Crippen LogP contribution < -0.4 is 4.90 Å². The van der Waals surface area contributed by atoms with E-state index in [0.29, 0.717) is 37.5 Å². The maximum atomic E-state index is 12.8. The molecule has 3 nitrogen and oxygen atoms in total. The zero-order valence-corrected chi connectivity index (χ0v) is 13.9. The summed E-state index contributed by atoms with van der Waals surface area (Å²) in [4.78, 5) is 16.4. The molecule has 0 radical (unpaired) electrons. The van der Waals surface area contributed by atoms with Gasteiger partial charge in [0.25, 0.3) is 0 Å². The summed E-state index contributed by atoms with van der Waals surface area (Å²) in [5, 5.41) is 0. The van der Waals surface area contributed by atoms with Crippen LogP contribution in [-0.2, 0) is 11.0 Å². The molecule has 1 aromatic rings. The van der Waals surface area contributed by atoms with E-state index < -0.39 is 11.7 Å². The predicted molar refractivity (Wildman–Crippen MR) is 86.7 cm³/mol. The Kier molecular flexibility index (Phi) is 4.74. The molecule has 0 N–H and O–H groups in total. The Hall–Kier alpha value is -1.72. The van der Waals surface area contributed by atoms with E-state index in [1.165, 1.54) is 12.1 Å². The number of amides is 1. The molecule has 0 unspecified atom stereocenters. The van der Waals surface area contributed by atoms with Crippen molar-refractivity contribution in [2.75, 3.05) is 31.1 Å². The number of hydrogen-bond donors (Lipinski definition) is 0. The molecule has 132 valence electrons. The summed E-state index contributed by atoms with van der Waals surface area (Å²) in [5.41, 5.74) is -0.0326. The van der Waals surface area contributed by atoms with E-state index in [9.17, 15) is 18.0 Å². The molecule has 1 atom stereocenters. The minimum atomic E-state index is -4.32. The van der Waals surface area contributed by atoms with Gasteiger partial charge in [-0.1, -0.05) is 13.0 Å². The first-order valence-corrected chi connectivity index (χ1v) is 8.55. The number of alkyl halides is 3. The van der Waals surface area contributed by atoms with Gasteiger partial charge in [0, 0.05) is 37.8 Å². The maximum absolute atomic E-state index is 12.8. The van der Waals surface area contributed by atoms with Crippen LogP contribution in [0.2, 0.25) is 0 Å². The van der Waals surface area contributed by atoms with Crippen molar-refractivity contribution in [3.8, 4) is 0 Å². The molecule has 2 fully saturated rings. The van der Waals surface area contributed by atoms with Gasteiger partial charge in [0.05, 0.1) is 5.56 Å². The van der Waals surface area contributed by atoms with E-state index in [4.69, 9.17) is 0 Å². The Morgan fingerprint density at radius 2 is 1.83 bits per heavy atom. The van der Waals surface area contributed by atoms with Gasteiger partial charge >= 0.3 is 6.18 Å². The summed E-state index contributed by atoms with van der Waals surface area (Å²) < 4.78 is 38.5. The molecule has 24 heavy (non-hydrogen) atoms. The number of carbonyl (C=O) groups is 1. The Labute approximate surface area is 140 Å². The van der Waals surface area contributed by atoms with Crippen molar-refractivity contribution >= 4 is 11.6 Å². The van der Waals surface area contributed by atoms with Gasteiger partial charge in [0.15, 0.2) is 0 Å². The quantitative estimate of drug-likeness (QED) is 0.818. The molecular formula is C18H23F3N2O. The van der Waals surface area contributed by atoms with Crippen LogP contribution in [0.5, 0.6) is 0 Å². The molecule has 2 saturated heterocycles. The monoisotopic (exact) mass is 340 g/mol. The summed E-state index contributed by atoms with van der Waals surface area (Å²) >= 11 is 0. The van der Waals surface area contributed by atoms with Crippen LogP contribution >= 0.6 is 0 Å². The van der Waals surface area contributed by atoms with Crippen molar-refractivity contribution in [1.82, 2.24) is 4.90 Å². The normalized spacial score (nSPS) is 22.9. The molecule has 3 rings (SSSR count). The second kappa shape index (κ2) is 6.65. The van der Waals surface area contributed by atoms with E-state index in [0.717, 1.165) is 25.6 Å². The first kappa shape index (κ1) is 17.1.